The van der Waals surface area contributed by atoms with E-state index in [1.165, 1.54) is 23.8 Å². The van der Waals surface area contributed by atoms with Crippen LogP contribution in [0.15, 0.2) is 42.5 Å². The Morgan fingerprint density at radius 1 is 0.969 bits per heavy atom. The molecule has 1 aliphatic rings. The van der Waals surface area contributed by atoms with E-state index in [1.54, 1.807) is 4.90 Å². The van der Waals surface area contributed by atoms with Gasteiger partial charge in [0.1, 0.15) is 6.54 Å². The van der Waals surface area contributed by atoms with E-state index < -0.39 is 30.9 Å². The number of rotatable bonds is 7. The van der Waals surface area contributed by atoms with Crippen LogP contribution in [0.1, 0.15) is 21.5 Å². The van der Waals surface area contributed by atoms with Crippen LogP contribution in [0.5, 0.6) is 0 Å². The molecule has 0 saturated heterocycles. The van der Waals surface area contributed by atoms with E-state index in [1.807, 2.05) is 24.3 Å². The van der Waals surface area contributed by atoms with Gasteiger partial charge in [-0.2, -0.15) is 0 Å². The quantitative estimate of drug-likeness (QED) is 0.593. The first-order chi connectivity index (χ1) is 15.3. The van der Waals surface area contributed by atoms with Crippen LogP contribution in [0, 0.1) is 0 Å². The number of benzene rings is 2. The third-order valence-corrected chi connectivity index (χ3v) is 5.40. The van der Waals surface area contributed by atoms with Crippen molar-refractivity contribution in [2.45, 2.75) is 13.0 Å². The second-order valence-corrected chi connectivity index (χ2v) is 7.92. The fourth-order valence-electron chi connectivity index (χ4n) is 3.16. The molecule has 2 aromatic rings. The smallest absolute Gasteiger partial charge is 0.325 e. The number of hydrogen-bond donors (Lipinski definition) is 2. The molecule has 2 aromatic carbocycles. The molecule has 2 N–H and O–H groups in total. The predicted molar refractivity (Wildman–Crippen MR) is 118 cm³/mol. The molecule has 0 fully saturated rings. The van der Waals surface area contributed by atoms with Crippen molar-refractivity contribution in [2.24, 2.45) is 0 Å². The maximum atomic E-state index is 12.3. The molecule has 10 heteroatoms. The summed E-state index contributed by atoms with van der Waals surface area (Å²) in [5.74, 6) is -2.21. The van der Waals surface area contributed by atoms with E-state index in [9.17, 15) is 19.2 Å². The lowest BCUT2D eigenvalue weighted by atomic mass is 10.00. The first-order valence-electron chi connectivity index (χ1n) is 9.83. The summed E-state index contributed by atoms with van der Waals surface area (Å²) in [6, 6.07) is 12.2. The van der Waals surface area contributed by atoms with Crippen molar-refractivity contribution in [3.05, 3.63) is 69.2 Å². The van der Waals surface area contributed by atoms with Crippen LogP contribution in [0.3, 0.4) is 0 Å². The van der Waals surface area contributed by atoms with Gasteiger partial charge in [0.25, 0.3) is 11.8 Å². The minimum atomic E-state index is -0.754. The largest absolute Gasteiger partial charge is 0.454 e. The van der Waals surface area contributed by atoms with Crippen LogP contribution in [0.2, 0.25) is 10.0 Å². The van der Waals surface area contributed by atoms with Crippen molar-refractivity contribution >= 4 is 46.9 Å². The first-order valence-corrected chi connectivity index (χ1v) is 10.6. The molecule has 1 heterocycles. The number of fused-ring (bicyclic) bond motifs is 1. The van der Waals surface area contributed by atoms with Crippen LogP contribution in [0.4, 0.5) is 0 Å². The van der Waals surface area contributed by atoms with Crippen molar-refractivity contribution in [2.75, 3.05) is 26.2 Å². The molecule has 0 unspecified atom stereocenters. The monoisotopic (exact) mass is 477 g/mol. The topological polar surface area (TPSA) is 105 Å². The van der Waals surface area contributed by atoms with Crippen LogP contribution in [0.25, 0.3) is 0 Å². The average Bonchev–Trinajstić information content (AvgIpc) is 2.79. The molecule has 3 rings (SSSR count). The molecule has 32 heavy (non-hydrogen) atoms. The summed E-state index contributed by atoms with van der Waals surface area (Å²) < 4.78 is 4.96. The second kappa shape index (κ2) is 11.0. The molecule has 0 aliphatic carbocycles. The van der Waals surface area contributed by atoms with Crippen LogP contribution >= 0.6 is 23.2 Å². The second-order valence-electron chi connectivity index (χ2n) is 7.08. The van der Waals surface area contributed by atoms with Gasteiger partial charge in [-0.15, -0.1) is 0 Å². The lowest BCUT2D eigenvalue weighted by molar-refractivity contribution is -0.152. The number of esters is 1. The minimum absolute atomic E-state index is 0.154. The van der Waals surface area contributed by atoms with Gasteiger partial charge in [-0.25, -0.2) is 0 Å². The molecule has 168 valence electrons. The van der Waals surface area contributed by atoms with E-state index in [0.29, 0.717) is 18.1 Å². The number of hydrogen-bond acceptors (Lipinski definition) is 5. The normalized spacial score (nSPS) is 12.5. The predicted octanol–water partition coefficient (Wildman–Crippen LogP) is 1.97. The molecule has 0 atom stereocenters. The van der Waals surface area contributed by atoms with E-state index in [2.05, 4.69) is 10.6 Å². The van der Waals surface area contributed by atoms with Gasteiger partial charge in [0.05, 0.1) is 17.1 Å². The molecule has 0 spiro atoms. The Bertz CT molecular complexity index is 1040. The third-order valence-electron chi connectivity index (χ3n) is 4.86. The van der Waals surface area contributed by atoms with Crippen molar-refractivity contribution in [1.82, 2.24) is 15.5 Å². The number of nitrogens with one attached hydrogen (secondary N) is 2. The van der Waals surface area contributed by atoms with Gasteiger partial charge >= 0.3 is 5.97 Å². The third kappa shape index (κ3) is 6.45. The van der Waals surface area contributed by atoms with Gasteiger partial charge in [-0.05, 0) is 35.7 Å². The number of halogens is 2. The van der Waals surface area contributed by atoms with Gasteiger partial charge in [0.2, 0.25) is 5.91 Å². The van der Waals surface area contributed by atoms with Crippen LogP contribution < -0.4 is 10.6 Å². The molecular formula is C22H21Cl2N3O5. The molecule has 8 nitrogen and oxygen atoms in total. The molecular weight excluding hydrogens is 457 g/mol. The highest BCUT2D eigenvalue weighted by Crippen LogP contribution is 2.21. The van der Waals surface area contributed by atoms with Gasteiger partial charge in [0.15, 0.2) is 6.61 Å². The van der Waals surface area contributed by atoms with E-state index >= 15 is 0 Å². The lowest BCUT2D eigenvalue weighted by Gasteiger charge is -2.28. The fraction of sp³-hybridized carbons (Fsp3) is 0.273. The van der Waals surface area contributed by atoms with E-state index in [4.69, 9.17) is 27.9 Å². The van der Waals surface area contributed by atoms with Crippen LogP contribution in [-0.4, -0.2) is 54.8 Å². The Kier molecular flexibility index (Phi) is 8.08. The fourth-order valence-corrected chi connectivity index (χ4v) is 3.65. The Morgan fingerprint density at radius 2 is 1.72 bits per heavy atom. The summed E-state index contributed by atoms with van der Waals surface area (Å²) in [5, 5.41) is 5.25. The maximum absolute atomic E-state index is 12.3. The lowest BCUT2D eigenvalue weighted by Crippen LogP contribution is -2.41. The highest BCUT2D eigenvalue weighted by atomic mass is 35.5. The van der Waals surface area contributed by atoms with Gasteiger partial charge in [-0.1, -0.05) is 47.5 Å². The van der Waals surface area contributed by atoms with Crippen molar-refractivity contribution < 1.29 is 23.9 Å². The zero-order valence-electron chi connectivity index (χ0n) is 17.0. The summed E-state index contributed by atoms with van der Waals surface area (Å²) in [7, 11) is 0. The Labute approximate surface area is 194 Å². The van der Waals surface area contributed by atoms with E-state index in [0.717, 1.165) is 12.0 Å². The van der Waals surface area contributed by atoms with Crippen molar-refractivity contribution in [3.63, 3.8) is 0 Å². The molecule has 0 aromatic heterocycles. The Morgan fingerprint density at radius 3 is 2.47 bits per heavy atom. The summed E-state index contributed by atoms with van der Waals surface area (Å²) in [6.07, 6.45) is 0.749. The van der Waals surface area contributed by atoms with Gasteiger partial charge < -0.3 is 20.3 Å². The number of carbonyl (C=O) groups is 4. The summed E-state index contributed by atoms with van der Waals surface area (Å²) in [5.41, 5.74) is 2.46. The molecule has 0 bridgehead atoms. The van der Waals surface area contributed by atoms with Crippen molar-refractivity contribution in [3.8, 4) is 0 Å². The Hall–Kier alpha value is -3.10. The molecule has 1 aliphatic heterocycles. The number of ether oxygens (including phenoxy) is 1. The number of amides is 3. The maximum Gasteiger partial charge on any atom is 0.325 e. The number of nitrogens with zero attached hydrogens (tertiary/aromatic N) is 1. The average molecular weight is 478 g/mol. The SMILES string of the molecule is O=C(CNC(=O)c1ccc(Cl)cc1Cl)NCC(=O)OCC(=O)N1CCc2ccccc2C1. The molecule has 0 saturated carbocycles. The highest BCUT2D eigenvalue weighted by Gasteiger charge is 2.21. The summed E-state index contributed by atoms with van der Waals surface area (Å²) >= 11 is 11.7. The zero-order valence-corrected chi connectivity index (χ0v) is 18.5. The summed E-state index contributed by atoms with van der Waals surface area (Å²) in [4.78, 5) is 49.7. The first kappa shape index (κ1) is 23.6. The summed E-state index contributed by atoms with van der Waals surface area (Å²) in [6.45, 7) is -0.158. The van der Waals surface area contributed by atoms with E-state index in [-0.39, 0.29) is 23.0 Å². The molecule has 3 amide bonds. The minimum Gasteiger partial charge on any atom is -0.454 e. The zero-order chi connectivity index (χ0) is 23.1. The number of carbonyl (C=O) groups excluding carboxylic acids is 4. The van der Waals surface area contributed by atoms with Crippen LogP contribution in [-0.2, 0) is 32.1 Å². The Balaban J connectivity index is 1.35. The highest BCUT2D eigenvalue weighted by molar-refractivity contribution is 6.36. The van der Waals surface area contributed by atoms with Gasteiger partial charge in [-0.3, -0.25) is 19.2 Å². The molecule has 0 radical (unpaired) electrons. The standard InChI is InChI=1S/C22H21Cl2N3O5/c23-16-5-6-17(18(24)9-16)22(31)26-10-19(28)25-11-21(30)32-13-20(29)27-8-7-14-3-1-2-4-15(14)12-27/h1-6,9H,7-8,10-13H2,(H,25,28)(H,26,31). The van der Waals surface area contributed by atoms with Crippen molar-refractivity contribution in [1.29, 1.82) is 0 Å². The van der Waals surface area contributed by atoms with Gasteiger partial charge in [0, 0.05) is 18.1 Å².